The molecule has 7 heteroatoms. The molecular weight excluding hydrogens is 310 g/mol. The number of ether oxygens (including phenoxy) is 3. The van der Waals surface area contributed by atoms with Gasteiger partial charge in [-0.1, -0.05) is 30.3 Å². The summed E-state index contributed by atoms with van der Waals surface area (Å²) in [5.74, 6) is -0.000168. The van der Waals surface area contributed by atoms with Crippen molar-refractivity contribution >= 4 is 5.96 Å². The van der Waals surface area contributed by atoms with Gasteiger partial charge in [-0.25, -0.2) is 4.99 Å². The number of hydrogen-bond acceptors (Lipinski definition) is 7. The second kappa shape index (κ2) is 6.00. The van der Waals surface area contributed by atoms with Crippen LogP contribution < -0.4 is 10.6 Å². The topological polar surface area (TPSA) is 84.3 Å². The number of nitrogens with zero attached hydrogens (tertiary/aromatic N) is 1. The monoisotopic (exact) mass is 333 g/mol. The average Bonchev–Trinajstić information content (AvgIpc) is 3.21. The zero-order valence-electron chi connectivity index (χ0n) is 13.8. The van der Waals surface area contributed by atoms with E-state index in [1.165, 1.54) is 5.56 Å². The first-order valence-electron chi connectivity index (χ1n) is 8.30. The molecule has 7 nitrogen and oxygen atoms in total. The molecule has 5 atom stereocenters. The molecule has 130 valence electrons. The van der Waals surface area contributed by atoms with Gasteiger partial charge in [-0.2, -0.15) is 0 Å². The van der Waals surface area contributed by atoms with Crippen LogP contribution in [0.15, 0.2) is 35.3 Å². The number of nitrogens with one attached hydrogen (secondary N) is 2. The van der Waals surface area contributed by atoms with Gasteiger partial charge in [-0.05, 0) is 19.4 Å². The molecule has 24 heavy (non-hydrogen) atoms. The maximum absolute atomic E-state index is 10.5. The van der Waals surface area contributed by atoms with Crippen LogP contribution in [-0.4, -0.2) is 54.0 Å². The molecule has 2 saturated heterocycles. The van der Waals surface area contributed by atoms with Gasteiger partial charge in [0.2, 0.25) is 0 Å². The number of aliphatic hydroxyl groups is 1. The summed E-state index contributed by atoms with van der Waals surface area (Å²) in [6.45, 7) is 4.94. The number of hydrogen-bond donors (Lipinski definition) is 3. The number of benzene rings is 1. The van der Waals surface area contributed by atoms with Crippen LogP contribution in [0, 0.1) is 0 Å². The highest BCUT2D eigenvalue weighted by Gasteiger charge is 2.56. The summed E-state index contributed by atoms with van der Waals surface area (Å²) in [5, 5.41) is 17.0. The van der Waals surface area contributed by atoms with Crippen molar-refractivity contribution in [3.8, 4) is 0 Å². The Balaban J connectivity index is 1.36. The predicted octanol–water partition coefficient (Wildman–Crippen LogP) is 0.341. The minimum Gasteiger partial charge on any atom is -0.387 e. The third-order valence-electron chi connectivity index (χ3n) is 4.51. The van der Waals surface area contributed by atoms with Crippen molar-refractivity contribution in [2.45, 2.75) is 56.8 Å². The molecule has 3 aliphatic heterocycles. The third kappa shape index (κ3) is 3.00. The minimum absolute atomic E-state index is 0.167. The van der Waals surface area contributed by atoms with Crippen LogP contribution in [0.4, 0.5) is 0 Å². The van der Waals surface area contributed by atoms with E-state index in [9.17, 15) is 5.11 Å². The van der Waals surface area contributed by atoms with E-state index < -0.39 is 30.4 Å². The van der Waals surface area contributed by atoms with Crippen molar-refractivity contribution in [2.75, 3.05) is 6.54 Å². The van der Waals surface area contributed by atoms with Crippen molar-refractivity contribution in [2.24, 2.45) is 4.99 Å². The molecule has 3 aliphatic rings. The molecule has 0 amide bonds. The number of aliphatic imine (C=N–C) groups is 1. The summed E-state index contributed by atoms with van der Waals surface area (Å²) < 4.78 is 17.3. The second-order valence-electron chi connectivity index (χ2n) is 6.82. The van der Waals surface area contributed by atoms with Gasteiger partial charge in [0, 0.05) is 13.1 Å². The smallest absolute Gasteiger partial charge is 0.192 e. The molecule has 0 unspecified atom stereocenters. The maximum atomic E-state index is 10.5. The second-order valence-corrected chi connectivity index (χ2v) is 6.82. The standard InChI is InChI=1S/C17H23N3O4/c1-17(2)23-14-12(21)13(22-15(14)24-17)11-9-19-16(20-11)18-8-10-6-4-3-5-7-10/h3-7,11-15,21H,8-9H2,1-2H3,(H2,18,19,20)/t11-,12+,13+,14-,15-/m1/s1. The first-order chi connectivity index (χ1) is 11.5. The molecule has 2 fully saturated rings. The fourth-order valence-electron chi connectivity index (χ4n) is 3.37. The zero-order valence-corrected chi connectivity index (χ0v) is 13.8. The summed E-state index contributed by atoms with van der Waals surface area (Å²) in [5.41, 5.74) is 1.18. The van der Waals surface area contributed by atoms with Crippen molar-refractivity contribution in [3.05, 3.63) is 35.9 Å². The molecule has 0 bridgehead atoms. The van der Waals surface area contributed by atoms with Crippen LogP contribution in [0.2, 0.25) is 0 Å². The Labute approximate surface area is 141 Å². The molecule has 0 spiro atoms. The van der Waals surface area contributed by atoms with E-state index in [2.05, 4.69) is 27.8 Å². The van der Waals surface area contributed by atoms with Crippen molar-refractivity contribution in [1.82, 2.24) is 10.6 Å². The van der Waals surface area contributed by atoms with Gasteiger partial charge in [-0.15, -0.1) is 0 Å². The molecule has 3 N–H and O–H groups in total. The van der Waals surface area contributed by atoms with Crippen molar-refractivity contribution < 1.29 is 19.3 Å². The van der Waals surface area contributed by atoms with Gasteiger partial charge in [0.1, 0.15) is 18.3 Å². The van der Waals surface area contributed by atoms with E-state index in [0.29, 0.717) is 13.1 Å². The molecule has 0 aliphatic carbocycles. The lowest BCUT2D eigenvalue weighted by atomic mass is 10.0. The summed E-state index contributed by atoms with van der Waals surface area (Å²) in [6.07, 6.45) is -2.17. The summed E-state index contributed by atoms with van der Waals surface area (Å²) in [6, 6.07) is 9.95. The Bertz CT molecular complexity index is 622. The van der Waals surface area contributed by atoms with E-state index in [0.717, 1.165) is 5.96 Å². The fraction of sp³-hybridized carbons (Fsp3) is 0.588. The first-order valence-corrected chi connectivity index (χ1v) is 8.30. The molecular formula is C17H23N3O4. The average molecular weight is 333 g/mol. The lowest BCUT2D eigenvalue weighted by Crippen LogP contribution is -2.42. The van der Waals surface area contributed by atoms with Crippen LogP contribution in [0.1, 0.15) is 19.4 Å². The number of guanidine groups is 1. The quantitative estimate of drug-likeness (QED) is 0.740. The Kier molecular flexibility index (Phi) is 3.96. The highest BCUT2D eigenvalue weighted by molar-refractivity contribution is 5.81. The van der Waals surface area contributed by atoms with Crippen LogP contribution in [0.25, 0.3) is 0 Å². The lowest BCUT2D eigenvalue weighted by molar-refractivity contribution is -0.216. The highest BCUT2D eigenvalue weighted by Crippen LogP contribution is 2.38. The third-order valence-corrected chi connectivity index (χ3v) is 4.51. The Morgan fingerprint density at radius 1 is 1.25 bits per heavy atom. The summed E-state index contributed by atoms with van der Waals surface area (Å²) >= 11 is 0. The lowest BCUT2D eigenvalue weighted by Gasteiger charge is -2.24. The molecule has 4 rings (SSSR count). The van der Waals surface area contributed by atoms with E-state index in [1.54, 1.807) is 0 Å². The van der Waals surface area contributed by atoms with Crippen molar-refractivity contribution in [3.63, 3.8) is 0 Å². The van der Waals surface area contributed by atoms with Crippen LogP contribution in [-0.2, 0) is 20.8 Å². The molecule has 0 aromatic heterocycles. The first kappa shape index (κ1) is 15.8. The molecule has 1 aromatic carbocycles. The van der Waals surface area contributed by atoms with Crippen LogP contribution in [0.3, 0.4) is 0 Å². The SMILES string of the molecule is CC1(C)O[C@H]2O[C@@H]([C@H]3CNC(NCc4ccccc4)=N3)[C@H](O)[C@H]2O1. The Hall–Kier alpha value is -1.67. The number of fused-ring (bicyclic) bond motifs is 1. The predicted molar refractivity (Wildman–Crippen MR) is 87.2 cm³/mol. The van der Waals surface area contributed by atoms with Gasteiger partial charge in [0.15, 0.2) is 18.0 Å². The Morgan fingerprint density at radius 2 is 2.04 bits per heavy atom. The molecule has 0 radical (unpaired) electrons. The summed E-state index contributed by atoms with van der Waals surface area (Å²) in [7, 11) is 0. The zero-order chi connectivity index (χ0) is 16.7. The minimum atomic E-state index is -0.749. The normalized spacial score (nSPS) is 37.0. The fourth-order valence-corrected chi connectivity index (χ4v) is 3.37. The van der Waals surface area contributed by atoms with Crippen LogP contribution in [0.5, 0.6) is 0 Å². The van der Waals surface area contributed by atoms with Gasteiger partial charge < -0.3 is 30.0 Å². The van der Waals surface area contributed by atoms with Gasteiger partial charge in [0.25, 0.3) is 0 Å². The van der Waals surface area contributed by atoms with Gasteiger partial charge in [-0.3, -0.25) is 0 Å². The van der Waals surface area contributed by atoms with E-state index in [-0.39, 0.29) is 6.04 Å². The van der Waals surface area contributed by atoms with Gasteiger partial charge in [0.05, 0.1) is 6.04 Å². The summed E-state index contributed by atoms with van der Waals surface area (Å²) in [4.78, 5) is 4.60. The van der Waals surface area contributed by atoms with E-state index >= 15 is 0 Å². The highest BCUT2D eigenvalue weighted by atomic mass is 16.8. The maximum Gasteiger partial charge on any atom is 0.192 e. The Morgan fingerprint density at radius 3 is 2.79 bits per heavy atom. The molecule has 1 aromatic rings. The van der Waals surface area contributed by atoms with Crippen molar-refractivity contribution in [1.29, 1.82) is 0 Å². The number of rotatable bonds is 3. The largest absolute Gasteiger partial charge is 0.387 e. The van der Waals surface area contributed by atoms with E-state index in [1.807, 2.05) is 32.0 Å². The number of aliphatic hydroxyl groups excluding tert-OH is 1. The van der Waals surface area contributed by atoms with Crippen LogP contribution >= 0.6 is 0 Å². The van der Waals surface area contributed by atoms with Gasteiger partial charge >= 0.3 is 0 Å². The van der Waals surface area contributed by atoms with E-state index in [4.69, 9.17) is 14.2 Å². The molecule has 3 heterocycles. The molecule has 0 saturated carbocycles.